The largest absolute Gasteiger partial charge is 0.319 e. The molecule has 0 aliphatic carbocycles. The molecular weight excluding hydrogens is 170 g/mol. The molecule has 14 heavy (non-hydrogen) atoms. The third-order valence-electron chi connectivity index (χ3n) is 2.84. The molecule has 0 fully saturated rings. The van der Waals surface area contributed by atoms with Gasteiger partial charge in [-0.3, -0.25) is 0 Å². The third kappa shape index (κ3) is 3.15. The number of nitrogens with one attached hydrogen (secondary N) is 1. The first-order valence-electron chi connectivity index (χ1n) is 5.47. The molecule has 0 radical (unpaired) electrons. The van der Waals surface area contributed by atoms with Gasteiger partial charge in [-0.25, -0.2) is 0 Å². The second-order valence-corrected chi connectivity index (χ2v) is 3.96. The summed E-state index contributed by atoms with van der Waals surface area (Å²) in [7, 11) is 2.03. The molecule has 78 valence electrons. The van der Waals surface area contributed by atoms with E-state index < -0.39 is 0 Å². The summed E-state index contributed by atoms with van der Waals surface area (Å²) in [6, 6.07) is 8.68. The van der Waals surface area contributed by atoms with E-state index in [1.807, 2.05) is 7.05 Å². The molecule has 0 saturated heterocycles. The zero-order valence-electron chi connectivity index (χ0n) is 9.51. The summed E-state index contributed by atoms with van der Waals surface area (Å²) >= 11 is 0. The number of hydrogen-bond donors (Lipinski definition) is 1. The van der Waals surface area contributed by atoms with Crippen molar-refractivity contribution in [3.05, 3.63) is 35.4 Å². The Hall–Kier alpha value is -0.820. The summed E-state index contributed by atoms with van der Waals surface area (Å²) < 4.78 is 0. The van der Waals surface area contributed by atoms with Gasteiger partial charge in [-0.1, -0.05) is 37.6 Å². The van der Waals surface area contributed by atoms with Crippen LogP contribution in [0.5, 0.6) is 0 Å². The minimum absolute atomic E-state index is 0.765. The van der Waals surface area contributed by atoms with Crippen molar-refractivity contribution in [3.8, 4) is 0 Å². The van der Waals surface area contributed by atoms with Crippen LogP contribution in [-0.4, -0.2) is 13.6 Å². The van der Waals surface area contributed by atoms with Crippen molar-refractivity contribution in [1.82, 2.24) is 5.32 Å². The number of benzene rings is 1. The smallest absolute Gasteiger partial charge is 0.00204 e. The summed E-state index contributed by atoms with van der Waals surface area (Å²) in [5.41, 5.74) is 2.91. The van der Waals surface area contributed by atoms with E-state index in [1.54, 1.807) is 0 Å². The Morgan fingerprint density at radius 1 is 1.29 bits per heavy atom. The van der Waals surface area contributed by atoms with Crippen LogP contribution in [0, 0.1) is 12.8 Å². The average Bonchev–Trinajstić information content (AvgIpc) is 2.20. The fourth-order valence-electron chi connectivity index (χ4n) is 1.80. The van der Waals surface area contributed by atoms with Crippen molar-refractivity contribution in [2.45, 2.75) is 26.7 Å². The van der Waals surface area contributed by atoms with Crippen LogP contribution in [0.3, 0.4) is 0 Å². The SMILES string of the molecule is CCC(CNC)Cc1ccccc1C. The molecular formula is C13H21N. The van der Waals surface area contributed by atoms with Crippen LogP contribution in [0.15, 0.2) is 24.3 Å². The maximum absolute atomic E-state index is 3.26. The summed E-state index contributed by atoms with van der Waals surface area (Å²) in [5.74, 6) is 0.765. The molecule has 0 spiro atoms. The molecule has 1 heteroatoms. The summed E-state index contributed by atoms with van der Waals surface area (Å²) in [5, 5.41) is 3.26. The monoisotopic (exact) mass is 191 g/mol. The first-order valence-corrected chi connectivity index (χ1v) is 5.47. The van der Waals surface area contributed by atoms with Gasteiger partial charge in [0.25, 0.3) is 0 Å². The molecule has 1 N–H and O–H groups in total. The van der Waals surface area contributed by atoms with Crippen molar-refractivity contribution in [3.63, 3.8) is 0 Å². The highest BCUT2D eigenvalue weighted by Gasteiger charge is 2.07. The van der Waals surface area contributed by atoms with E-state index in [1.165, 1.54) is 24.0 Å². The minimum atomic E-state index is 0.765. The highest BCUT2D eigenvalue weighted by atomic mass is 14.8. The van der Waals surface area contributed by atoms with Gasteiger partial charge in [0, 0.05) is 0 Å². The van der Waals surface area contributed by atoms with Crippen LogP contribution in [-0.2, 0) is 6.42 Å². The summed E-state index contributed by atoms with van der Waals surface area (Å²) in [4.78, 5) is 0. The van der Waals surface area contributed by atoms with Gasteiger partial charge >= 0.3 is 0 Å². The van der Waals surface area contributed by atoms with Gasteiger partial charge in [0.15, 0.2) is 0 Å². The van der Waals surface area contributed by atoms with Gasteiger partial charge in [0.1, 0.15) is 0 Å². The van der Waals surface area contributed by atoms with Crippen molar-refractivity contribution >= 4 is 0 Å². The Balaban J connectivity index is 2.62. The van der Waals surface area contributed by atoms with Crippen LogP contribution in [0.1, 0.15) is 24.5 Å². The Morgan fingerprint density at radius 3 is 2.57 bits per heavy atom. The first-order chi connectivity index (χ1) is 6.77. The third-order valence-corrected chi connectivity index (χ3v) is 2.84. The number of aryl methyl sites for hydroxylation is 1. The van der Waals surface area contributed by atoms with Crippen LogP contribution in [0.4, 0.5) is 0 Å². The number of rotatable bonds is 5. The quantitative estimate of drug-likeness (QED) is 0.754. The van der Waals surface area contributed by atoms with E-state index in [9.17, 15) is 0 Å². The Bertz CT molecular complexity index is 268. The maximum Gasteiger partial charge on any atom is -0.00204 e. The second-order valence-electron chi connectivity index (χ2n) is 3.96. The normalized spacial score (nSPS) is 12.8. The Kier molecular flexibility index (Phi) is 4.68. The topological polar surface area (TPSA) is 12.0 Å². The summed E-state index contributed by atoms with van der Waals surface area (Å²) in [6.07, 6.45) is 2.44. The lowest BCUT2D eigenvalue weighted by Gasteiger charge is -2.15. The molecule has 0 saturated carbocycles. The van der Waals surface area contributed by atoms with Gasteiger partial charge in [-0.15, -0.1) is 0 Å². The van der Waals surface area contributed by atoms with E-state index in [2.05, 4.69) is 43.4 Å². The van der Waals surface area contributed by atoms with E-state index >= 15 is 0 Å². The van der Waals surface area contributed by atoms with E-state index in [4.69, 9.17) is 0 Å². The van der Waals surface area contributed by atoms with E-state index in [0.717, 1.165) is 12.5 Å². The molecule has 0 amide bonds. The highest BCUT2D eigenvalue weighted by Crippen LogP contribution is 2.14. The standard InChI is InChI=1S/C13H21N/c1-4-12(10-14-3)9-13-8-6-5-7-11(13)2/h5-8,12,14H,4,9-10H2,1-3H3. The van der Waals surface area contributed by atoms with Crippen LogP contribution in [0.25, 0.3) is 0 Å². The van der Waals surface area contributed by atoms with Gasteiger partial charge < -0.3 is 5.32 Å². The van der Waals surface area contributed by atoms with Gasteiger partial charge in [-0.05, 0) is 44.0 Å². The van der Waals surface area contributed by atoms with Crippen molar-refractivity contribution in [2.75, 3.05) is 13.6 Å². The number of hydrogen-bond acceptors (Lipinski definition) is 1. The average molecular weight is 191 g/mol. The van der Waals surface area contributed by atoms with Crippen LogP contribution < -0.4 is 5.32 Å². The van der Waals surface area contributed by atoms with Gasteiger partial charge in [0.2, 0.25) is 0 Å². The molecule has 1 aromatic rings. The Labute approximate surface area is 87.5 Å². The van der Waals surface area contributed by atoms with E-state index in [-0.39, 0.29) is 0 Å². The molecule has 0 heterocycles. The Morgan fingerprint density at radius 2 is 2.00 bits per heavy atom. The lowest BCUT2D eigenvalue weighted by Crippen LogP contribution is -2.20. The minimum Gasteiger partial charge on any atom is -0.319 e. The van der Waals surface area contributed by atoms with Crippen LogP contribution in [0.2, 0.25) is 0 Å². The van der Waals surface area contributed by atoms with Crippen LogP contribution >= 0.6 is 0 Å². The van der Waals surface area contributed by atoms with Crippen molar-refractivity contribution < 1.29 is 0 Å². The predicted molar refractivity (Wildman–Crippen MR) is 62.6 cm³/mol. The van der Waals surface area contributed by atoms with Gasteiger partial charge in [-0.2, -0.15) is 0 Å². The lowest BCUT2D eigenvalue weighted by molar-refractivity contribution is 0.480. The molecule has 1 atom stereocenters. The molecule has 1 nitrogen and oxygen atoms in total. The molecule has 0 bridgehead atoms. The predicted octanol–water partition coefficient (Wildman–Crippen LogP) is 2.78. The molecule has 0 aromatic heterocycles. The highest BCUT2D eigenvalue weighted by molar-refractivity contribution is 5.25. The second kappa shape index (κ2) is 5.82. The lowest BCUT2D eigenvalue weighted by atomic mass is 9.94. The fraction of sp³-hybridized carbons (Fsp3) is 0.538. The fourth-order valence-corrected chi connectivity index (χ4v) is 1.80. The first kappa shape index (κ1) is 11.3. The molecule has 1 aromatic carbocycles. The maximum atomic E-state index is 3.26. The molecule has 1 unspecified atom stereocenters. The van der Waals surface area contributed by atoms with E-state index in [0.29, 0.717) is 0 Å². The zero-order valence-corrected chi connectivity index (χ0v) is 9.51. The van der Waals surface area contributed by atoms with Gasteiger partial charge in [0.05, 0.1) is 0 Å². The molecule has 0 aliphatic rings. The molecule has 1 rings (SSSR count). The van der Waals surface area contributed by atoms with Crippen molar-refractivity contribution in [1.29, 1.82) is 0 Å². The molecule has 0 aliphatic heterocycles. The zero-order chi connectivity index (χ0) is 10.4. The van der Waals surface area contributed by atoms with Crippen molar-refractivity contribution in [2.24, 2.45) is 5.92 Å². The summed E-state index contributed by atoms with van der Waals surface area (Å²) in [6.45, 7) is 5.58.